The maximum absolute atomic E-state index is 12.5. The van der Waals surface area contributed by atoms with Crippen molar-refractivity contribution in [3.8, 4) is 0 Å². The summed E-state index contributed by atoms with van der Waals surface area (Å²) in [4.78, 5) is 22.5. The number of anilines is 1. The van der Waals surface area contributed by atoms with Gasteiger partial charge in [-0.2, -0.15) is 0 Å². The molecule has 0 atom stereocenters. The zero-order valence-electron chi connectivity index (χ0n) is 13.5. The second-order valence-corrected chi connectivity index (χ2v) is 8.05. The number of nitrogens with zero attached hydrogens (tertiary/aromatic N) is 1. The lowest BCUT2D eigenvalue weighted by Crippen LogP contribution is -2.11. The van der Waals surface area contributed by atoms with Gasteiger partial charge in [0.05, 0.1) is 15.5 Å². The van der Waals surface area contributed by atoms with Crippen molar-refractivity contribution < 1.29 is 22.6 Å². The van der Waals surface area contributed by atoms with Crippen LogP contribution in [-0.4, -0.2) is 19.2 Å². The Morgan fingerprint density at radius 1 is 1.07 bits per heavy atom. The molecule has 0 spiro atoms. The number of carbonyl (C=O) groups is 1. The van der Waals surface area contributed by atoms with Crippen molar-refractivity contribution in [1.82, 2.24) is 0 Å². The molecule has 0 aliphatic rings. The predicted octanol–water partition coefficient (Wildman–Crippen LogP) is 4.04. The minimum absolute atomic E-state index is 0.0458. The van der Waals surface area contributed by atoms with Crippen molar-refractivity contribution in [3.63, 3.8) is 0 Å². The molecule has 0 radical (unpaired) electrons. The van der Waals surface area contributed by atoms with E-state index in [0.29, 0.717) is 4.47 Å². The van der Waals surface area contributed by atoms with E-state index in [1.807, 2.05) is 0 Å². The largest absolute Gasteiger partial charge is 0.439 e. The van der Waals surface area contributed by atoms with Gasteiger partial charge in [0.2, 0.25) is 14.9 Å². The summed E-state index contributed by atoms with van der Waals surface area (Å²) < 4.78 is 30.5. The standard InChI is InChI=1S/C17H11BrN2O6S/c18-13-10-11(20(22)23)6-7-14(13)19-17(21)15-8-9-16(26-15)27(24,25)12-4-2-1-3-5-12/h1-10H,(H,19,21). The van der Waals surface area contributed by atoms with Gasteiger partial charge in [0.25, 0.3) is 11.6 Å². The number of nitro benzene ring substituents is 1. The first-order valence-electron chi connectivity index (χ1n) is 7.44. The maximum atomic E-state index is 12.5. The lowest BCUT2D eigenvalue weighted by Gasteiger charge is -2.05. The van der Waals surface area contributed by atoms with E-state index >= 15 is 0 Å². The van der Waals surface area contributed by atoms with Crippen LogP contribution in [0, 0.1) is 10.1 Å². The molecular weight excluding hydrogens is 440 g/mol. The fraction of sp³-hybridized carbons (Fsp3) is 0. The molecule has 0 unspecified atom stereocenters. The van der Waals surface area contributed by atoms with Gasteiger partial charge in [0, 0.05) is 16.6 Å². The lowest BCUT2D eigenvalue weighted by molar-refractivity contribution is -0.384. The number of amides is 1. The summed E-state index contributed by atoms with van der Waals surface area (Å²) in [6, 6.07) is 13.9. The average Bonchev–Trinajstić information content (AvgIpc) is 3.15. The van der Waals surface area contributed by atoms with Crippen LogP contribution >= 0.6 is 15.9 Å². The molecule has 10 heteroatoms. The molecule has 2 aromatic carbocycles. The van der Waals surface area contributed by atoms with Gasteiger partial charge in [0.15, 0.2) is 5.76 Å². The fourth-order valence-corrected chi connectivity index (χ4v) is 3.87. The number of rotatable bonds is 5. The van der Waals surface area contributed by atoms with Gasteiger partial charge < -0.3 is 9.73 Å². The number of nitro groups is 1. The van der Waals surface area contributed by atoms with Gasteiger partial charge in [-0.1, -0.05) is 18.2 Å². The van der Waals surface area contributed by atoms with E-state index in [0.717, 1.165) is 0 Å². The molecule has 0 aliphatic carbocycles. The number of sulfone groups is 1. The lowest BCUT2D eigenvalue weighted by atomic mass is 10.3. The summed E-state index contributed by atoms with van der Waals surface area (Å²) in [6.07, 6.45) is 0. The number of hydrogen-bond acceptors (Lipinski definition) is 6. The van der Waals surface area contributed by atoms with Crippen molar-refractivity contribution >= 4 is 43.0 Å². The van der Waals surface area contributed by atoms with Crippen LogP contribution < -0.4 is 5.32 Å². The minimum Gasteiger partial charge on any atom is -0.439 e. The molecular formula is C17H11BrN2O6S. The van der Waals surface area contributed by atoms with E-state index in [1.165, 1.54) is 42.5 Å². The third kappa shape index (κ3) is 3.91. The summed E-state index contributed by atoms with van der Waals surface area (Å²) >= 11 is 3.14. The van der Waals surface area contributed by atoms with Crippen LogP contribution in [-0.2, 0) is 9.84 Å². The molecule has 27 heavy (non-hydrogen) atoms. The zero-order chi connectivity index (χ0) is 19.6. The Kier molecular flexibility index (Phi) is 5.10. The molecule has 0 aliphatic heterocycles. The summed E-state index contributed by atoms with van der Waals surface area (Å²) in [5, 5.41) is 12.9. The highest BCUT2D eigenvalue weighted by atomic mass is 79.9. The zero-order valence-corrected chi connectivity index (χ0v) is 15.9. The fourth-order valence-electron chi connectivity index (χ4n) is 2.21. The third-order valence-corrected chi connectivity index (χ3v) is 5.83. The SMILES string of the molecule is O=C(Nc1ccc([N+](=O)[O-])cc1Br)c1ccc(S(=O)(=O)c2ccccc2)o1. The van der Waals surface area contributed by atoms with Crippen LogP contribution in [0.1, 0.15) is 10.6 Å². The Bertz CT molecular complexity index is 1130. The third-order valence-electron chi connectivity index (χ3n) is 3.54. The Morgan fingerprint density at radius 3 is 2.41 bits per heavy atom. The van der Waals surface area contributed by atoms with Crippen LogP contribution in [0.25, 0.3) is 0 Å². The van der Waals surface area contributed by atoms with E-state index < -0.39 is 20.7 Å². The molecule has 8 nitrogen and oxygen atoms in total. The molecule has 3 aromatic rings. The quantitative estimate of drug-likeness (QED) is 0.462. The molecule has 3 rings (SSSR count). The first kappa shape index (κ1) is 18.8. The Morgan fingerprint density at radius 2 is 1.78 bits per heavy atom. The summed E-state index contributed by atoms with van der Waals surface area (Å²) in [5.74, 6) is -0.908. The average molecular weight is 451 g/mol. The predicted molar refractivity (Wildman–Crippen MR) is 99.4 cm³/mol. The van der Waals surface area contributed by atoms with Crippen LogP contribution in [0.3, 0.4) is 0 Å². The second kappa shape index (κ2) is 7.33. The van der Waals surface area contributed by atoms with Gasteiger partial charge in [-0.15, -0.1) is 0 Å². The topological polar surface area (TPSA) is 120 Å². The molecule has 1 N–H and O–H groups in total. The van der Waals surface area contributed by atoms with Gasteiger partial charge in [0.1, 0.15) is 0 Å². The minimum atomic E-state index is -3.88. The molecule has 0 saturated heterocycles. The molecule has 0 saturated carbocycles. The van der Waals surface area contributed by atoms with E-state index in [1.54, 1.807) is 18.2 Å². The van der Waals surface area contributed by atoms with Crippen molar-refractivity contribution in [3.05, 3.63) is 81.0 Å². The Labute approximate surface area is 162 Å². The van der Waals surface area contributed by atoms with E-state index in [-0.39, 0.29) is 27.1 Å². The smallest absolute Gasteiger partial charge is 0.291 e. The van der Waals surface area contributed by atoms with Crippen LogP contribution in [0.15, 0.2) is 79.5 Å². The van der Waals surface area contributed by atoms with Crippen LogP contribution in [0.2, 0.25) is 0 Å². The van der Waals surface area contributed by atoms with Crippen LogP contribution in [0.5, 0.6) is 0 Å². The highest BCUT2D eigenvalue weighted by Gasteiger charge is 2.23. The maximum Gasteiger partial charge on any atom is 0.291 e. The number of furan rings is 1. The number of hydrogen-bond donors (Lipinski definition) is 1. The molecule has 138 valence electrons. The highest BCUT2D eigenvalue weighted by molar-refractivity contribution is 9.10. The number of non-ortho nitro benzene ring substituents is 1. The number of benzene rings is 2. The highest BCUT2D eigenvalue weighted by Crippen LogP contribution is 2.28. The number of nitrogens with one attached hydrogen (secondary N) is 1. The molecule has 1 amide bonds. The van der Waals surface area contributed by atoms with Gasteiger partial charge in [-0.3, -0.25) is 14.9 Å². The normalized spacial score (nSPS) is 11.1. The van der Waals surface area contributed by atoms with Gasteiger partial charge in [-0.05, 0) is 46.3 Å². The second-order valence-electron chi connectivity index (χ2n) is 5.31. The summed E-state index contributed by atoms with van der Waals surface area (Å²) in [5.41, 5.74) is 0.128. The summed E-state index contributed by atoms with van der Waals surface area (Å²) in [7, 11) is -3.88. The van der Waals surface area contributed by atoms with Gasteiger partial charge >= 0.3 is 0 Å². The van der Waals surface area contributed by atoms with Crippen molar-refractivity contribution in [2.45, 2.75) is 9.99 Å². The number of carbonyl (C=O) groups excluding carboxylic acids is 1. The first-order valence-corrected chi connectivity index (χ1v) is 9.72. The Hall–Kier alpha value is -2.98. The molecule has 0 fully saturated rings. The first-order chi connectivity index (χ1) is 12.8. The van der Waals surface area contributed by atoms with Crippen molar-refractivity contribution in [2.24, 2.45) is 0 Å². The molecule has 1 aromatic heterocycles. The number of halogens is 1. The monoisotopic (exact) mass is 450 g/mol. The van der Waals surface area contributed by atoms with E-state index in [4.69, 9.17) is 4.42 Å². The summed E-state index contributed by atoms with van der Waals surface area (Å²) in [6.45, 7) is 0. The Balaban J connectivity index is 1.83. The van der Waals surface area contributed by atoms with Crippen molar-refractivity contribution in [1.29, 1.82) is 0 Å². The van der Waals surface area contributed by atoms with E-state index in [2.05, 4.69) is 21.2 Å². The van der Waals surface area contributed by atoms with Crippen molar-refractivity contribution in [2.75, 3.05) is 5.32 Å². The molecule has 1 heterocycles. The van der Waals surface area contributed by atoms with E-state index in [9.17, 15) is 23.3 Å². The molecule has 0 bridgehead atoms. The van der Waals surface area contributed by atoms with Gasteiger partial charge in [-0.25, -0.2) is 8.42 Å². The van der Waals surface area contributed by atoms with Crippen LogP contribution in [0.4, 0.5) is 11.4 Å².